The predicted molar refractivity (Wildman–Crippen MR) is 319 cm³/mol. The highest BCUT2D eigenvalue weighted by Gasteiger charge is 2.33. The Balaban J connectivity index is 0.733. The zero-order valence-corrected chi connectivity index (χ0v) is 47.2. The van der Waals surface area contributed by atoms with Gasteiger partial charge in [0.15, 0.2) is 5.82 Å². The topological polar surface area (TPSA) is 163 Å². The van der Waals surface area contributed by atoms with Crippen LogP contribution in [-0.4, -0.2) is 132 Å². The Hall–Kier alpha value is -8.83. The number of ether oxygens (including phenoxy) is 5. The van der Waals surface area contributed by atoms with Gasteiger partial charge in [-0.25, -0.2) is 4.98 Å². The van der Waals surface area contributed by atoms with Gasteiger partial charge in [0, 0.05) is 106 Å². The second-order valence-electron chi connectivity index (χ2n) is 20.8. The summed E-state index contributed by atoms with van der Waals surface area (Å²) in [6.45, 7) is 6.61. The number of aromatic nitrogens is 2. The van der Waals surface area contributed by atoms with E-state index in [1.807, 2.05) is 133 Å². The number of para-hydroxylation sites is 1. The van der Waals surface area contributed by atoms with Crippen LogP contribution in [-0.2, 0) is 4.79 Å². The molecule has 2 fully saturated rings. The van der Waals surface area contributed by atoms with Crippen LogP contribution in [0.3, 0.4) is 0 Å². The van der Waals surface area contributed by atoms with Gasteiger partial charge in [-0.15, -0.1) is 0 Å². The van der Waals surface area contributed by atoms with E-state index in [-0.39, 0.29) is 29.7 Å². The molecule has 0 bridgehead atoms. The fourth-order valence-corrected chi connectivity index (χ4v) is 10.8. The SMILES string of the molecule is CCOc1cc(N2CCC(C(=O)N3CCC(Oc4ccc(-c5ccc(NC(=O)c6ccc(OC)c(-c7cccc(OC)c7)c6)cc5)c(OCCCN(C)C)c4)CC3)CC2)ccc1Nc1ncc2c(n1)N(C)c1ccccc1C(=O)N2C. The van der Waals surface area contributed by atoms with Gasteiger partial charge in [-0.2, -0.15) is 4.98 Å². The number of likely N-dealkylation sites (tertiary alicyclic amines) is 1. The van der Waals surface area contributed by atoms with Crippen molar-refractivity contribution in [3.63, 3.8) is 0 Å². The molecule has 3 aliphatic heterocycles. The first-order chi connectivity index (χ1) is 39.4. The number of fused-ring (bicyclic) bond motifs is 2. The standard InChI is InChI=1S/C64H71N9O8/c1-8-79-59-39-47(22-25-54(59)67-64-65-41-56-60(68-64)70(4)55-16-10-9-15-52(55)63(76)71(56)5)72-32-27-43(28-33-72)62(75)73-34-29-48(30-35-73)81-50-23-24-51(58(40-50)80-36-12-31-69(2)3)42-17-20-46(21-18-42)66-61(74)45-19-26-57(78-7)53(38-45)44-13-11-14-49(37-44)77-6/h9-11,13-26,37-41,43,48H,8,12,27-36H2,1-7H3,(H,66,74)(H,65,67,68). The highest BCUT2D eigenvalue weighted by atomic mass is 16.5. The lowest BCUT2D eigenvalue weighted by molar-refractivity contribution is -0.138. The van der Waals surface area contributed by atoms with Gasteiger partial charge in [-0.3, -0.25) is 14.4 Å². The number of nitrogens with one attached hydrogen (secondary N) is 2. The van der Waals surface area contributed by atoms with Gasteiger partial charge < -0.3 is 58.8 Å². The van der Waals surface area contributed by atoms with Crippen LogP contribution in [0.25, 0.3) is 22.3 Å². The van der Waals surface area contributed by atoms with Crippen LogP contribution in [0, 0.1) is 5.92 Å². The average Bonchev–Trinajstić information content (AvgIpc) is 3.78. The number of carbonyl (C=O) groups is 3. The first kappa shape index (κ1) is 55.5. The normalized spacial score (nSPS) is 14.7. The molecular formula is C64H71N9O8. The Morgan fingerprint density at radius 3 is 2.23 bits per heavy atom. The van der Waals surface area contributed by atoms with Crippen molar-refractivity contribution in [2.24, 2.45) is 5.92 Å². The zero-order valence-electron chi connectivity index (χ0n) is 47.2. The molecule has 3 aliphatic rings. The lowest BCUT2D eigenvalue weighted by atomic mass is 9.93. The summed E-state index contributed by atoms with van der Waals surface area (Å²) in [7, 11) is 11.0. The van der Waals surface area contributed by atoms with Crippen molar-refractivity contribution in [2.75, 3.05) is 114 Å². The van der Waals surface area contributed by atoms with Gasteiger partial charge >= 0.3 is 0 Å². The molecule has 17 nitrogen and oxygen atoms in total. The van der Waals surface area contributed by atoms with Crippen LogP contribution in [0.15, 0.2) is 134 Å². The number of piperidine rings is 2. The number of methoxy groups -OCH3 is 2. The maximum atomic E-state index is 14.0. The van der Waals surface area contributed by atoms with E-state index >= 15 is 0 Å². The van der Waals surface area contributed by atoms with E-state index in [0.29, 0.717) is 77.8 Å². The second kappa shape index (κ2) is 25.1. The molecule has 81 heavy (non-hydrogen) atoms. The third-order valence-corrected chi connectivity index (χ3v) is 15.3. The number of hydrogen-bond donors (Lipinski definition) is 2. The Morgan fingerprint density at radius 2 is 1.48 bits per heavy atom. The van der Waals surface area contributed by atoms with Gasteiger partial charge in [0.2, 0.25) is 11.9 Å². The summed E-state index contributed by atoms with van der Waals surface area (Å²) < 4.78 is 30.3. The molecule has 7 aromatic rings. The quantitative estimate of drug-likeness (QED) is 0.0735. The minimum atomic E-state index is -0.242. The largest absolute Gasteiger partial charge is 0.497 e. The molecule has 0 radical (unpaired) electrons. The van der Waals surface area contributed by atoms with Crippen LogP contribution in [0.2, 0.25) is 0 Å². The first-order valence-electron chi connectivity index (χ1n) is 27.8. The van der Waals surface area contributed by atoms with Crippen molar-refractivity contribution >= 4 is 57.9 Å². The highest BCUT2D eigenvalue weighted by Crippen LogP contribution is 2.41. The van der Waals surface area contributed by atoms with Crippen molar-refractivity contribution in [1.29, 1.82) is 0 Å². The number of rotatable bonds is 19. The maximum absolute atomic E-state index is 14.0. The minimum absolute atomic E-state index is 0.0462. The number of nitrogens with zero attached hydrogens (tertiary/aromatic N) is 7. The molecular weight excluding hydrogens is 1020 g/mol. The summed E-state index contributed by atoms with van der Waals surface area (Å²) in [5, 5.41) is 6.42. The number of hydrogen-bond acceptors (Lipinski definition) is 14. The first-order valence-corrected chi connectivity index (χ1v) is 27.8. The summed E-state index contributed by atoms with van der Waals surface area (Å²) >= 11 is 0. The molecule has 0 unspecified atom stereocenters. The molecule has 3 amide bonds. The predicted octanol–water partition coefficient (Wildman–Crippen LogP) is 11.2. The Kier molecular flexibility index (Phi) is 17.2. The number of anilines is 7. The summed E-state index contributed by atoms with van der Waals surface area (Å²) in [5.41, 5.74) is 8.37. The van der Waals surface area contributed by atoms with Crippen LogP contribution in [0.1, 0.15) is 59.7 Å². The summed E-state index contributed by atoms with van der Waals surface area (Å²) in [6.07, 6.45) is 5.45. The van der Waals surface area contributed by atoms with E-state index in [1.165, 1.54) is 0 Å². The molecule has 2 N–H and O–H groups in total. The summed E-state index contributed by atoms with van der Waals surface area (Å²) in [5.74, 6) is 4.26. The lowest BCUT2D eigenvalue weighted by Crippen LogP contribution is -2.47. The molecule has 10 rings (SSSR count). The summed E-state index contributed by atoms with van der Waals surface area (Å²) in [6, 6.07) is 40.4. The van der Waals surface area contributed by atoms with Crippen molar-refractivity contribution < 1.29 is 38.1 Å². The molecule has 2 saturated heterocycles. The van der Waals surface area contributed by atoms with E-state index in [4.69, 9.17) is 28.7 Å². The molecule has 4 heterocycles. The van der Waals surface area contributed by atoms with E-state index in [2.05, 4.69) is 45.6 Å². The van der Waals surface area contributed by atoms with Crippen molar-refractivity contribution in [1.82, 2.24) is 19.8 Å². The third-order valence-electron chi connectivity index (χ3n) is 15.3. The van der Waals surface area contributed by atoms with Gasteiger partial charge in [-0.05, 0) is 130 Å². The smallest absolute Gasteiger partial charge is 0.260 e. The third kappa shape index (κ3) is 12.6. The second-order valence-corrected chi connectivity index (χ2v) is 20.8. The van der Waals surface area contributed by atoms with Crippen LogP contribution in [0.4, 0.5) is 40.2 Å². The van der Waals surface area contributed by atoms with E-state index in [1.54, 1.807) is 44.5 Å². The molecule has 6 aromatic carbocycles. The zero-order chi connectivity index (χ0) is 56.6. The van der Waals surface area contributed by atoms with Gasteiger partial charge in [0.25, 0.3) is 11.8 Å². The number of carbonyl (C=O) groups excluding carboxylic acids is 3. The number of benzene rings is 6. The Bertz CT molecular complexity index is 3380. The molecule has 17 heteroatoms. The van der Waals surface area contributed by atoms with Gasteiger partial charge in [0.05, 0.1) is 50.6 Å². The van der Waals surface area contributed by atoms with Crippen LogP contribution >= 0.6 is 0 Å². The van der Waals surface area contributed by atoms with E-state index in [0.717, 1.165) is 103 Å². The van der Waals surface area contributed by atoms with Crippen molar-refractivity contribution in [3.8, 4) is 51.0 Å². The molecule has 0 saturated carbocycles. The molecule has 420 valence electrons. The van der Waals surface area contributed by atoms with Crippen LogP contribution in [0.5, 0.6) is 28.7 Å². The van der Waals surface area contributed by atoms with Gasteiger partial charge in [-0.1, -0.05) is 36.4 Å². The van der Waals surface area contributed by atoms with E-state index < -0.39 is 0 Å². The molecule has 0 spiro atoms. The fourth-order valence-electron chi connectivity index (χ4n) is 10.8. The lowest BCUT2D eigenvalue weighted by Gasteiger charge is -2.38. The summed E-state index contributed by atoms with van der Waals surface area (Å²) in [4.78, 5) is 60.4. The molecule has 1 aromatic heterocycles. The van der Waals surface area contributed by atoms with Crippen molar-refractivity contribution in [2.45, 2.75) is 45.1 Å². The van der Waals surface area contributed by atoms with Crippen molar-refractivity contribution in [3.05, 3.63) is 145 Å². The Labute approximate surface area is 474 Å². The fraction of sp³-hybridized carbons (Fsp3) is 0.328. The van der Waals surface area contributed by atoms with E-state index in [9.17, 15) is 14.4 Å². The molecule has 0 atom stereocenters. The monoisotopic (exact) mass is 1090 g/mol. The minimum Gasteiger partial charge on any atom is -0.497 e. The molecule has 0 aliphatic carbocycles. The van der Waals surface area contributed by atoms with Gasteiger partial charge in [0.1, 0.15) is 40.5 Å². The number of amides is 3. The highest BCUT2D eigenvalue weighted by molar-refractivity contribution is 6.13. The maximum Gasteiger partial charge on any atom is 0.260 e. The average molecular weight is 1090 g/mol. The van der Waals surface area contributed by atoms with Crippen LogP contribution < -0.4 is 49.0 Å². The Morgan fingerprint density at radius 1 is 0.691 bits per heavy atom.